The van der Waals surface area contributed by atoms with Gasteiger partial charge in [-0.1, -0.05) is 6.07 Å². The molecular weight excluding hydrogens is 346 g/mol. The summed E-state index contributed by atoms with van der Waals surface area (Å²) < 4.78 is 32.3. The number of thiophene rings is 1. The van der Waals surface area contributed by atoms with Gasteiger partial charge in [-0.25, -0.2) is 8.78 Å². The zero-order chi connectivity index (χ0) is 17.6. The summed E-state index contributed by atoms with van der Waals surface area (Å²) in [6.07, 6.45) is 2.13. The van der Waals surface area contributed by atoms with Gasteiger partial charge in [-0.05, 0) is 36.4 Å². The third kappa shape index (κ3) is 5.32. The summed E-state index contributed by atoms with van der Waals surface area (Å²) in [4.78, 5) is 15.5. The van der Waals surface area contributed by atoms with Gasteiger partial charge in [0, 0.05) is 30.6 Å². The Bertz CT molecular complexity index is 703. The van der Waals surface area contributed by atoms with Gasteiger partial charge in [0.25, 0.3) is 0 Å². The van der Waals surface area contributed by atoms with Crippen molar-refractivity contribution in [1.82, 2.24) is 4.90 Å². The summed E-state index contributed by atoms with van der Waals surface area (Å²) in [6, 6.07) is 7.09. The number of rotatable bonds is 7. The summed E-state index contributed by atoms with van der Waals surface area (Å²) >= 11 is 1.63. The van der Waals surface area contributed by atoms with E-state index in [1.807, 2.05) is 22.4 Å². The molecule has 1 fully saturated rings. The van der Waals surface area contributed by atoms with Crippen LogP contribution in [-0.2, 0) is 16.1 Å². The van der Waals surface area contributed by atoms with Crippen LogP contribution in [0.15, 0.2) is 35.7 Å². The maximum Gasteiger partial charge on any atom is 0.238 e. The number of halogens is 2. The second kappa shape index (κ2) is 8.51. The van der Waals surface area contributed by atoms with Gasteiger partial charge in [0.05, 0.1) is 18.3 Å². The molecule has 1 saturated heterocycles. The summed E-state index contributed by atoms with van der Waals surface area (Å²) in [6.45, 7) is 2.16. The minimum Gasteiger partial charge on any atom is -0.377 e. The number of carbonyl (C=O) groups is 1. The lowest BCUT2D eigenvalue weighted by Gasteiger charge is -2.24. The molecule has 0 aliphatic carbocycles. The molecule has 3 rings (SSSR count). The van der Waals surface area contributed by atoms with Gasteiger partial charge >= 0.3 is 0 Å². The van der Waals surface area contributed by atoms with Crippen molar-refractivity contribution < 1.29 is 18.3 Å². The molecule has 4 nitrogen and oxygen atoms in total. The van der Waals surface area contributed by atoms with Crippen LogP contribution in [0.4, 0.5) is 14.5 Å². The van der Waals surface area contributed by atoms with Gasteiger partial charge in [0.1, 0.15) is 11.6 Å². The molecule has 0 radical (unpaired) electrons. The Morgan fingerprint density at radius 3 is 2.92 bits per heavy atom. The molecule has 1 aliphatic heterocycles. The lowest BCUT2D eigenvalue weighted by molar-refractivity contribution is -0.117. The van der Waals surface area contributed by atoms with E-state index >= 15 is 0 Å². The van der Waals surface area contributed by atoms with Crippen molar-refractivity contribution in [2.24, 2.45) is 0 Å². The summed E-state index contributed by atoms with van der Waals surface area (Å²) in [5, 5.41) is 4.51. The Hall–Kier alpha value is -1.83. The van der Waals surface area contributed by atoms with E-state index in [0.717, 1.165) is 36.5 Å². The van der Waals surface area contributed by atoms with Gasteiger partial charge in [-0.3, -0.25) is 9.69 Å². The predicted molar refractivity (Wildman–Crippen MR) is 93.6 cm³/mol. The standard InChI is InChI=1S/C18H20F2N2O2S/c19-13-5-6-17(16(20)9-13)21-18(23)12-22(10-14-3-1-7-24-14)11-15-4-2-8-25-15/h2,4-6,8-9,14H,1,3,7,10-12H2,(H,21,23)/t14-/m0/s1. The Morgan fingerprint density at radius 1 is 1.36 bits per heavy atom. The number of carbonyl (C=O) groups excluding carboxylic acids is 1. The van der Waals surface area contributed by atoms with E-state index in [1.165, 1.54) is 6.07 Å². The molecular formula is C18H20F2N2O2S. The highest BCUT2D eigenvalue weighted by atomic mass is 32.1. The lowest BCUT2D eigenvalue weighted by Crippen LogP contribution is -2.37. The van der Waals surface area contributed by atoms with Crippen molar-refractivity contribution in [3.8, 4) is 0 Å². The highest BCUT2D eigenvalue weighted by molar-refractivity contribution is 7.09. The van der Waals surface area contributed by atoms with Gasteiger partial charge in [-0.2, -0.15) is 0 Å². The molecule has 0 unspecified atom stereocenters. The molecule has 1 aliphatic rings. The number of nitrogens with one attached hydrogen (secondary N) is 1. The van der Waals surface area contributed by atoms with E-state index in [1.54, 1.807) is 11.3 Å². The van der Waals surface area contributed by atoms with E-state index in [0.29, 0.717) is 13.1 Å². The molecule has 0 bridgehead atoms. The Morgan fingerprint density at radius 2 is 2.24 bits per heavy atom. The second-order valence-electron chi connectivity index (χ2n) is 6.06. The molecule has 2 heterocycles. The van der Waals surface area contributed by atoms with Crippen molar-refractivity contribution in [3.05, 3.63) is 52.2 Å². The number of hydrogen-bond donors (Lipinski definition) is 1. The summed E-state index contributed by atoms with van der Waals surface area (Å²) in [5.41, 5.74) is -0.0143. The fourth-order valence-corrected chi connectivity index (χ4v) is 3.61. The molecule has 134 valence electrons. The third-order valence-electron chi connectivity index (χ3n) is 4.02. The zero-order valence-electron chi connectivity index (χ0n) is 13.7. The van der Waals surface area contributed by atoms with Crippen LogP contribution in [0.5, 0.6) is 0 Å². The quantitative estimate of drug-likeness (QED) is 0.813. The smallest absolute Gasteiger partial charge is 0.238 e. The number of benzene rings is 1. The molecule has 7 heteroatoms. The van der Waals surface area contributed by atoms with Crippen LogP contribution in [-0.4, -0.2) is 36.6 Å². The van der Waals surface area contributed by atoms with Crippen LogP contribution in [0.3, 0.4) is 0 Å². The van der Waals surface area contributed by atoms with E-state index in [4.69, 9.17) is 4.74 Å². The van der Waals surface area contributed by atoms with Crippen LogP contribution < -0.4 is 5.32 Å². The maximum absolute atomic E-state index is 13.7. The highest BCUT2D eigenvalue weighted by Gasteiger charge is 2.21. The fraction of sp³-hybridized carbons (Fsp3) is 0.389. The maximum atomic E-state index is 13.7. The first-order chi connectivity index (χ1) is 12.1. The third-order valence-corrected chi connectivity index (χ3v) is 4.88. The SMILES string of the molecule is O=C(CN(Cc1cccs1)C[C@@H]1CCCO1)Nc1ccc(F)cc1F. The predicted octanol–water partition coefficient (Wildman–Crippen LogP) is 3.65. The second-order valence-corrected chi connectivity index (χ2v) is 7.09. The van der Waals surface area contributed by atoms with Crippen LogP contribution in [0.2, 0.25) is 0 Å². The molecule has 1 atom stereocenters. The first-order valence-electron chi connectivity index (χ1n) is 8.21. The normalized spacial score (nSPS) is 17.2. The minimum absolute atomic E-state index is 0.0143. The number of nitrogens with zero attached hydrogens (tertiary/aromatic N) is 1. The van der Waals surface area contributed by atoms with Crippen LogP contribution >= 0.6 is 11.3 Å². The molecule has 1 aromatic heterocycles. The van der Waals surface area contributed by atoms with E-state index in [2.05, 4.69) is 5.32 Å². The lowest BCUT2D eigenvalue weighted by atomic mass is 10.2. The summed E-state index contributed by atoms with van der Waals surface area (Å²) in [7, 11) is 0. The van der Waals surface area contributed by atoms with Gasteiger partial charge in [0.2, 0.25) is 5.91 Å². The molecule has 25 heavy (non-hydrogen) atoms. The van der Waals surface area contributed by atoms with Crippen molar-refractivity contribution in [2.45, 2.75) is 25.5 Å². The number of anilines is 1. The van der Waals surface area contributed by atoms with Gasteiger partial charge < -0.3 is 10.1 Å². The van der Waals surface area contributed by atoms with E-state index in [9.17, 15) is 13.6 Å². The van der Waals surface area contributed by atoms with Crippen molar-refractivity contribution in [3.63, 3.8) is 0 Å². The van der Waals surface area contributed by atoms with E-state index in [-0.39, 0.29) is 24.2 Å². The zero-order valence-corrected chi connectivity index (χ0v) is 14.5. The first kappa shape index (κ1) is 18.0. The monoisotopic (exact) mass is 366 g/mol. The highest BCUT2D eigenvalue weighted by Crippen LogP contribution is 2.18. The molecule has 1 N–H and O–H groups in total. The van der Waals surface area contributed by atoms with Crippen LogP contribution in [0.25, 0.3) is 0 Å². The Balaban J connectivity index is 1.62. The largest absolute Gasteiger partial charge is 0.377 e. The number of amides is 1. The summed E-state index contributed by atoms with van der Waals surface area (Å²) in [5.74, 6) is -1.79. The molecule has 2 aromatic rings. The Kier molecular flexibility index (Phi) is 6.12. The average molecular weight is 366 g/mol. The van der Waals surface area contributed by atoms with Crippen LogP contribution in [0, 0.1) is 11.6 Å². The van der Waals surface area contributed by atoms with E-state index < -0.39 is 11.6 Å². The molecule has 1 aromatic carbocycles. The van der Waals surface area contributed by atoms with Crippen molar-refractivity contribution in [2.75, 3.05) is 25.0 Å². The Labute approximate surface area is 149 Å². The number of ether oxygens (including phenoxy) is 1. The molecule has 1 amide bonds. The molecule has 0 saturated carbocycles. The minimum atomic E-state index is -0.780. The number of hydrogen-bond acceptors (Lipinski definition) is 4. The van der Waals surface area contributed by atoms with Gasteiger partial charge in [0.15, 0.2) is 0 Å². The topological polar surface area (TPSA) is 41.6 Å². The van der Waals surface area contributed by atoms with Crippen molar-refractivity contribution in [1.29, 1.82) is 0 Å². The van der Waals surface area contributed by atoms with Gasteiger partial charge in [-0.15, -0.1) is 11.3 Å². The first-order valence-corrected chi connectivity index (χ1v) is 9.09. The fourth-order valence-electron chi connectivity index (χ4n) is 2.87. The molecule has 0 spiro atoms. The van der Waals surface area contributed by atoms with Crippen LogP contribution in [0.1, 0.15) is 17.7 Å². The average Bonchev–Trinajstić information content (AvgIpc) is 3.24. The van der Waals surface area contributed by atoms with Crippen molar-refractivity contribution >= 4 is 22.9 Å².